The quantitative estimate of drug-likeness (QED) is 0.507. The first-order valence-electron chi connectivity index (χ1n) is 4.58. The summed E-state index contributed by atoms with van der Waals surface area (Å²) >= 11 is 0. The lowest BCUT2D eigenvalue weighted by molar-refractivity contribution is -0.127. The van der Waals surface area contributed by atoms with Gasteiger partial charge < -0.3 is 16.8 Å². The van der Waals surface area contributed by atoms with Crippen LogP contribution in [0.3, 0.4) is 0 Å². The van der Waals surface area contributed by atoms with Crippen molar-refractivity contribution in [2.45, 2.75) is 26.3 Å². The molecule has 0 aromatic carbocycles. The Kier molecular flexibility index (Phi) is 4.82. The van der Waals surface area contributed by atoms with Crippen molar-refractivity contribution < 1.29 is 9.59 Å². The van der Waals surface area contributed by atoms with Crippen molar-refractivity contribution in [3.63, 3.8) is 0 Å². The van der Waals surface area contributed by atoms with E-state index in [4.69, 9.17) is 17.9 Å². The molecule has 0 heterocycles. The first-order valence-corrected chi connectivity index (χ1v) is 4.58. The van der Waals surface area contributed by atoms with Gasteiger partial charge in [-0.15, -0.1) is 12.3 Å². The van der Waals surface area contributed by atoms with Crippen molar-refractivity contribution in [3.8, 4) is 12.3 Å². The average molecular weight is 211 g/mol. The van der Waals surface area contributed by atoms with E-state index in [2.05, 4.69) is 11.2 Å². The van der Waals surface area contributed by atoms with Crippen LogP contribution in [0.4, 0.5) is 0 Å². The van der Waals surface area contributed by atoms with Gasteiger partial charge in [-0.05, 0) is 13.8 Å². The standard InChI is InChI=1S/C10H17N3O2/c1-4-5-7(11)8(14)13-6-10(2,3)9(12)15/h1,7H,5-6,11H2,2-3H3,(H2,12,15)(H,13,14). The van der Waals surface area contributed by atoms with Gasteiger partial charge in [0.15, 0.2) is 0 Å². The molecule has 0 rings (SSSR count). The van der Waals surface area contributed by atoms with E-state index in [1.165, 1.54) is 0 Å². The zero-order chi connectivity index (χ0) is 12.1. The Bertz CT molecular complexity index is 292. The van der Waals surface area contributed by atoms with Gasteiger partial charge in [0.1, 0.15) is 0 Å². The van der Waals surface area contributed by atoms with Crippen molar-refractivity contribution >= 4 is 11.8 Å². The normalized spacial score (nSPS) is 12.7. The van der Waals surface area contributed by atoms with Crippen LogP contribution in [0, 0.1) is 17.8 Å². The number of rotatable bonds is 5. The number of nitrogens with two attached hydrogens (primary N) is 2. The molecule has 5 nitrogen and oxygen atoms in total. The van der Waals surface area contributed by atoms with E-state index in [-0.39, 0.29) is 18.9 Å². The lowest BCUT2D eigenvalue weighted by atomic mass is 9.92. The van der Waals surface area contributed by atoms with Gasteiger partial charge in [0.2, 0.25) is 11.8 Å². The predicted octanol–water partition coefficient (Wildman–Crippen LogP) is -1.04. The van der Waals surface area contributed by atoms with Crippen LogP contribution in [0.15, 0.2) is 0 Å². The fourth-order valence-electron chi connectivity index (χ4n) is 0.746. The van der Waals surface area contributed by atoms with Crippen LogP contribution >= 0.6 is 0 Å². The van der Waals surface area contributed by atoms with Crippen molar-refractivity contribution in [2.75, 3.05) is 6.54 Å². The first kappa shape index (κ1) is 13.5. The summed E-state index contributed by atoms with van der Waals surface area (Å²) in [6.45, 7) is 3.43. The Morgan fingerprint density at radius 2 is 2.07 bits per heavy atom. The van der Waals surface area contributed by atoms with E-state index in [1.54, 1.807) is 13.8 Å². The molecule has 0 aliphatic carbocycles. The summed E-state index contributed by atoms with van der Waals surface area (Å²) in [7, 11) is 0. The Labute approximate surface area is 89.6 Å². The molecule has 5 heteroatoms. The molecule has 0 fully saturated rings. The summed E-state index contributed by atoms with van der Waals surface area (Å²) in [6, 6.07) is -0.737. The Morgan fingerprint density at radius 1 is 1.53 bits per heavy atom. The fraction of sp³-hybridized carbons (Fsp3) is 0.600. The van der Waals surface area contributed by atoms with Gasteiger partial charge in [-0.25, -0.2) is 0 Å². The molecular formula is C10H17N3O2. The lowest BCUT2D eigenvalue weighted by Crippen LogP contribution is -2.47. The van der Waals surface area contributed by atoms with Gasteiger partial charge in [0.25, 0.3) is 0 Å². The van der Waals surface area contributed by atoms with Gasteiger partial charge in [0, 0.05) is 13.0 Å². The lowest BCUT2D eigenvalue weighted by Gasteiger charge is -2.21. The molecule has 2 amide bonds. The van der Waals surface area contributed by atoms with Crippen LogP contribution in [0.2, 0.25) is 0 Å². The number of amides is 2. The third-order valence-corrected chi connectivity index (χ3v) is 2.05. The molecule has 15 heavy (non-hydrogen) atoms. The highest BCUT2D eigenvalue weighted by Crippen LogP contribution is 2.11. The summed E-state index contributed by atoms with van der Waals surface area (Å²) < 4.78 is 0. The van der Waals surface area contributed by atoms with E-state index in [1.807, 2.05) is 0 Å². The maximum absolute atomic E-state index is 11.3. The van der Waals surface area contributed by atoms with Crippen molar-refractivity contribution in [3.05, 3.63) is 0 Å². The highest BCUT2D eigenvalue weighted by Gasteiger charge is 2.26. The Morgan fingerprint density at radius 3 is 2.47 bits per heavy atom. The van der Waals surface area contributed by atoms with Gasteiger partial charge in [-0.2, -0.15) is 0 Å². The number of terminal acetylenes is 1. The molecule has 0 aromatic heterocycles. The smallest absolute Gasteiger partial charge is 0.237 e. The maximum Gasteiger partial charge on any atom is 0.237 e. The molecule has 0 saturated heterocycles. The topological polar surface area (TPSA) is 98.2 Å². The van der Waals surface area contributed by atoms with Gasteiger partial charge >= 0.3 is 0 Å². The number of primary amides is 1. The summed E-state index contributed by atoms with van der Waals surface area (Å²) in [5, 5.41) is 2.53. The second-order valence-electron chi connectivity index (χ2n) is 3.98. The number of carbonyl (C=O) groups is 2. The van der Waals surface area contributed by atoms with Crippen molar-refractivity contribution in [1.29, 1.82) is 0 Å². The molecule has 0 aromatic rings. The summed E-state index contributed by atoms with van der Waals surface area (Å²) in [6.07, 6.45) is 5.18. The van der Waals surface area contributed by atoms with Crippen molar-refractivity contribution in [1.82, 2.24) is 5.32 Å². The first-order chi connectivity index (χ1) is 6.81. The third kappa shape index (κ3) is 4.47. The zero-order valence-corrected chi connectivity index (χ0v) is 9.04. The van der Waals surface area contributed by atoms with Gasteiger partial charge in [-0.3, -0.25) is 9.59 Å². The number of carbonyl (C=O) groups excluding carboxylic acids is 2. The van der Waals surface area contributed by atoms with Crippen LogP contribution in [0.1, 0.15) is 20.3 Å². The van der Waals surface area contributed by atoms with Crippen molar-refractivity contribution in [2.24, 2.45) is 16.9 Å². The molecule has 0 saturated carbocycles. The highest BCUT2D eigenvalue weighted by atomic mass is 16.2. The van der Waals surface area contributed by atoms with E-state index >= 15 is 0 Å². The molecule has 5 N–H and O–H groups in total. The van der Waals surface area contributed by atoms with Crippen LogP contribution in [0.5, 0.6) is 0 Å². The Balaban J connectivity index is 4.12. The van der Waals surface area contributed by atoms with Crippen LogP contribution in [-0.2, 0) is 9.59 Å². The fourth-order valence-corrected chi connectivity index (χ4v) is 0.746. The summed E-state index contributed by atoms with van der Waals surface area (Å²) in [5.41, 5.74) is 9.81. The second kappa shape index (κ2) is 5.37. The largest absolute Gasteiger partial charge is 0.369 e. The van der Waals surface area contributed by atoms with Crippen LogP contribution < -0.4 is 16.8 Å². The second-order valence-corrected chi connectivity index (χ2v) is 3.98. The van der Waals surface area contributed by atoms with Crippen LogP contribution in [0.25, 0.3) is 0 Å². The molecule has 0 radical (unpaired) electrons. The number of hydrogen-bond donors (Lipinski definition) is 3. The van der Waals surface area contributed by atoms with Crippen LogP contribution in [-0.4, -0.2) is 24.4 Å². The summed E-state index contributed by atoms with van der Waals surface area (Å²) in [5.74, 6) is 1.44. The average Bonchev–Trinajstić information content (AvgIpc) is 2.14. The molecular weight excluding hydrogens is 194 g/mol. The molecule has 0 spiro atoms. The minimum Gasteiger partial charge on any atom is -0.369 e. The van der Waals surface area contributed by atoms with E-state index in [9.17, 15) is 9.59 Å². The molecule has 84 valence electrons. The van der Waals surface area contributed by atoms with E-state index in [0.29, 0.717) is 0 Å². The van der Waals surface area contributed by atoms with E-state index < -0.39 is 17.4 Å². The number of nitrogens with one attached hydrogen (secondary N) is 1. The summed E-state index contributed by atoms with van der Waals surface area (Å²) in [4.78, 5) is 22.3. The van der Waals surface area contributed by atoms with Gasteiger partial charge in [0.05, 0.1) is 11.5 Å². The molecule has 0 bridgehead atoms. The monoisotopic (exact) mass is 211 g/mol. The zero-order valence-electron chi connectivity index (χ0n) is 9.04. The van der Waals surface area contributed by atoms with E-state index in [0.717, 1.165) is 0 Å². The molecule has 0 aliphatic rings. The molecule has 1 atom stereocenters. The Hall–Kier alpha value is -1.54. The third-order valence-electron chi connectivity index (χ3n) is 2.05. The highest BCUT2D eigenvalue weighted by molar-refractivity contribution is 5.84. The molecule has 1 unspecified atom stereocenters. The maximum atomic E-state index is 11.3. The number of hydrogen-bond acceptors (Lipinski definition) is 3. The minimum atomic E-state index is -0.786. The van der Waals surface area contributed by atoms with Gasteiger partial charge in [-0.1, -0.05) is 0 Å². The SMILES string of the molecule is C#CCC(N)C(=O)NCC(C)(C)C(N)=O. The molecule has 0 aliphatic heterocycles. The predicted molar refractivity (Wildman–Crippen MR) is 57.4 cm³/mol. The minimum absolute atomic E-state index is 0.152.